The van der Waals surface area contributed by atoms with Gasteiger partial charge in [-0.3, -0.25) is 0 Å². The van der Waals surface area contributed by atoms with Gasteiger partial charge in [0.05, 0.1) is 18.3 Å². The monoisotopic (exact) mass is 534 g/mol. The summed E-state index contributed by atoms with van der Waals surface area (Å²) >= 11 is 0. The molecule has 0 amide bonds. The van der Waals surface area contributed by atoms with Crippen LogP contribution >= 0.6 is 0 Å². The van der Waals surface area contributed by atoms with Gasteiger partial charge in [0.15, 0.2) is 5.79 Å². The Labute approximate surface area is 226 Å². The second kappa shape index (κ2) is 9.38. The van der Waals surface area contributed by atoms with Gasteiger partial charge in [-0.15, -0.1) is 0 Å². The highest BCUT2D eigenvalue weighted by atomic mass is 16.8. The van der Waals surface area contributed by atoms with E-state index in [0.717, 1.165) is 24.8 Å². The molecule has 0 unspecified atom stereocenters. The number of cyclic esters (lactones) is 1. The largest absolute Gasteiger partial charge is 0.459 e. The molecular formula is C30H46O8. The number of aliphatic hydroxyl groups is 3. The highest BCUT2D eigenvalue weighted by Gasteiger charge is 2.71. The molecular weight excluding hydrogens is 488 g/mol. The normalized spacial score (nSPS) is 47.1. The number of esters is 1. The fourth-order valence-electron chi connectivity index (χ4n) is 7.96. The first-order chi connectivity index (χ1) is 17.6. The van der Waals surface area contributed by atoms with Crippen LogP contribution in [0.25, 0.3) is 0 Å². The molecule has 8 nitrogen and oxygen atoms in total. The first kappa shape index (κ1) is 28.2. The molecule has 0 aromatic rings. The molecule has 1 saturated carbocycles. The summed E-state index contributed by atoms with van der Waals surface area (Å²) in [6.07, 6.45) is 6.14. The Morgan fingerprint density at radius 3 is 2.37 bits per heavy atom. The minimum atomic E-state index is -1.36. The SMILES string of the molecule is C=C1C[C@H](O)[C@@H](CC[C@H]2CC[C@]3(OC2)O[C@@]2(O)CC[C@]3(C)OC2(C)C)C(C)(C)[C@H]1C/C=C1\C(=O)OC[C@@H]1O. The lowest BCUT2D eigenvalue weighted by atomic mass is 9.57. The van der Waals surface area contributed by atoms with Crippen molar-refractivity contribution in [2.45, 2.75) is 121 Å². The topological polar surface area (TPSA) is 115 Å². The van der Waals surface area contributed by atoms with Gasteiger partial charge in [-0.05, 0) is 82.5 Å². The third-order valence-electron chi connectivity index (χ3n) is 10.6. The number of allylic oxidation sites excluding steroid dienone is 1. The molecule has 2 bridgehead atoms. The lowest BCUT2D eigenvalue weighted by Gasteiger charge is -2.66. The van der Waals surface area contributed by atoms with Crippen LogP contribution in [-0.4, -0.2) is 69.5 Å². The summed E-state index contributed by atoms with van der Waals surface area (Å²) in [5.41, 5.74) is -0.319. The van der Waals surface area contributed by atoms with Gasteiger partial charge in [0.1, 0.15) is 23.9 Å². The first-order valence-electron chi connectivity index (χ1n) is 14.3. The zero-order valence-electron chi connectivity index (χ0n) is 23.6. The molecule has 38 heavy (non-hydrogen) atoms. The number of hydrogen-bond donors (Lipinski definition) is 3. The fraction of sp³-hybridized carbons (Fsp3) is 0.833. The van der Waals surface area contributed by atoms with E-state index in [1.165, 1.54) is 0 Å². The van der Waals surface area contributed by atoms with Crippen LogP contribution in [-0.2, 0) is 23.7 Å². The third-order valence-corrected chi connectivity index (χ3v) is 10.6. The summed E-state index contributed by atoms with van der Waals surface area (Å²) in [5, 5.41) is 32.3. The molecule has 0 aromatic heterocycles. The Kier molecular flexibility index (Phi) is 6.98. The Bertz CT molecular complexity index is 992. The van der Waals surface area contributed by atoms with Gasteiger partial charge >= 0.3 is 5.97 Å². The quantitative estimate of drug-likeness (QED) is 0.277. The molecule has 5 aliphatic heterocycles. The van der Waals surface area contributed by atoms with Gasteiger partial charge in [-0.2, -0.15) is 0 Å². The molecule has 8 atom stereocenters. The average Bonchev–Trinajstić information content (AvgIpc) is 3.13. The van der Waals surface area contributed by atoms with Crippen molar-refractivity contribution in [3.8, 4) is 0 Å². The van der Waals surface area contributed by atoms with Crippen LogP contribution in [0.2, 0.25) is 0 Å². The van der Waals surface area contributed by atoms with E-state index in [0.29, 0.717) is 50.2 Å². The number of carbonyl (C=O) groups excluding carboxylic acids is 1. The van der Waals surface area contributed by atoms with Gasteiger partial charge in [-0.1, -0.05) is 32.1 Å². The molecule has 6 rings (SSSR count). The van der Waals surface area contributed by atoms with Gasteiger partial charge < -0.3 is 34.3 Å². The van der Waals surface area contributed by atoms with Gasteiger partial charge in [-0.25, -0.2) is 4.79 Å². The summed E-state index contributed by atoms with van der Waals surface area (Å²) < 4.78 is 24.1. The van der Waals surface area contributed by atoms with Crippen molar-refractivity contribution >= 4 is 5.97 Å². The molecule has 3 N–H and O–H groups in total. The predicted molar refractivity (Wildman–Crippen MR) is 140 cm³/mol. The van der Waals surface area contributed by atoms with E-state index in [1.54, 1.807) is 6.08 Å². The number of hydrogen-bond acceptors (Lipinski definition) is 8. The lowest BCUT2D eigenvalue weighted by molar-refractivity contribution is -0.522. The second-order valence-corrected chi connectivity index (χ2v) is 13.7. The van der Waals surface area contributed by atoms with Crippen molar-refractivity contribution in [3.63, 3.8) is 0 Å². The summed E-state index contributed by atoms with van der Waals surface area (Å²) in [7, 11) is 0. The number of carbonyl (C=O) groups is 1. The van der Waals surface area contributed by atoms with Crippen LogP contribution < -0.4 is 0 Å². The maximum Gasteiger partial charge on any atom is 0.336 e. The number of ether oxygens (including phenoxy) is 4. The van der Waals surface area contributed by atoms with Crippen LogP contribution in [0.3, 0.4) is 0 Å². The Balaban J connectivity index is 1.21. The van der Waals surface area contributed by atoms with Crippen LogP contribution in [0.1, 0.15) is 86.0 Å². The smallest absolute Gasteiger partial charge is 0.336 e. The van der Waals surface area contributed by atoms with Crippen LogP contribution in [0.4, 0.5) is 0 Å². The standard InChI is InChI=1S/C30H46O8/c1-18-15-23(31)22(26(2,3)21(18)10-8-20-24(32)17-35-25(20)33)9-7-19-11-12-30(36-16-19)28(6)13-14-29(34,38-30)27(4,5)37-28/h8,19,21-24,31-32,34H,1,7,9-17H2,2-6H3/b20-8-/t19-,21-,22+,23-,24-,28-,29-,30-/m0/s1. The van der Waals surface area contributed by atoms with E-state index in [2.05, 4.69) is 20.4 Å². The Hall–Kier alpha value is -1.29. The van der Waals surface area contributed by atoms with Crippen molar-refractivity contribution in [2.75, 3.05) is 13.2 Å². The molecule has 8 heteroatoms. The first-order valence-corrected chi connectivity index (χ1v) is 14.3. The summed E-state index contributed by atoms with van der Waals surface area (Å²) in [5.74, 6) is -2.26. The average molecular weight is 535 g/mol. The summed E-state index contributed by atoms with van der Waals surface area (Å²) in [6, 6.07) is 0. The highest BCUT2D eigenvalue weighted by molar-refractivity contribution is 5.91. The molecule has 5 heterocycles. The summed E-state index contributed by atoms with van der Waals surface area (Å²) in [4.78, 5) is 12.0. The highest BCUT2D eigenvalue weighted by Crippen LogP contribution is 2.59. The molecule has 1 aliphatic carbocycles. The Morgan fingerprint density at radius 2 is 1.76 bits per heavy atom. The van der Waals surface area contributed by atoms with E-state index in [-0.39, 0.29) is 23.9 Å². The van der Waals surface area contributed by atoms with E-state index in [1.807, 2.05) is 20.8 Å². The van der Waals surface area contributed by atoms with Crippen molar-refractivity contribution < 1.29 is 39.1 Å². The molecule has 0 aromatic carbocycles. The number of fused-ring (bicyclic) bond motifs is 2. The molecule has 0 radical (unpaired) electrons. The maximum atomic E-state index is 12.0. The summed E-state index contributed by atoms with van der Waals surface area (Å²) in [6.45, 7) is 15.0. The van der Waals surface area contributed by atoms with Gasteiger partial charge in [0.25, 0.3) is 0 Å². The zero-order valence-corrected chi connectivity index (χ0v) is 23.6. The van der Waals surface area contributed by atoms with Crippen molar-refractivity contribution in [3.05, 3.63) is 23.8 Å². The maximum absolute atomic E-state index is 12.0. The minimum absolute atomic E-state index is 0.0130. The molecule has 5 saturated heterocycles. The second-order valence-electron chi connectivity index (χ2n) is 13.7. The van der Waals surface area contributed by atoms with Crippen LogP contribution in [0.5, 0.6) is 0 Å². The predicted octanol–water partition coefficient (Wildman–Crippen LogP) is 3.77. The lowest BCUT2D eigenvalue weighted by Crippen LogP contribution is -2.78. The zero-order chi connectivity index (χ0) is 27.7. The number of aliphatic hydroxyl groups excluding tert-OH is 2. The van der Waals surface area contributed by atoms with E-state index in [4.69, 9.17) is 18.9 Å². The molecule has 1 spiro atoms. The minimum Gasteiger partial charge on any atom is -0.459 e. The van der Waals surface area contributed by atoms with Crippen LogP contribution in [0.15, 0.2) is 23.8 Å². The molecule has 214 valence electrons. The van der Waals surface area contributed by atoms with E-state index >= 15 is 0 Å². The third kappa shape index (κ3) is 4.40. The molecule has 6 fully saturated rings. The Morgan fingerprint density at radius 1 is 1.03 bits per heavy atom. The van der Waals surface area contributed by atoms with Gasteiger partial charge in [0.2, 0.25) is 5.79 Å². The molecule has 6 aliphatic rings. The van der Waals surface area contributed by atoms with Crippen LogP contribution in [0, 0.1) is 23.2 Å². The van der Waals surface area contributed by atoms with E-state index < -0.39 is 41.0 Å². The van der Waals surface area contributed by atoms with Crippen molar-refractivity contribution in [1.82, 2.24) is 0 Å². The van der Waals surface area contributed by atoms with Gasteiger partial charge in [0, 0.05) is 12.8 Å². The van der Waals surface area contributed by atoms with Crippen molar-refractivity contribution in [1.29, 1.82) is 0 Å². The fourth-order valence-corrected chi connectivity index (χ4v) is 7.96. The van der Waals surface area contributed by atoms with E-state index in [9.17, 15) is 20.1 Å². The number of rotatable bonds is 5. The van der Waals surface area contributed by atoms with Crippen molar-refractivity contribution in [2.24, 2.45) is 23.2 Å².